The largest absolute Gasteiger partial charge is 0.506 e. The van der Waals surface area contributed by atoms with Crippen molar-refractivity contribution in [2.24, 2.45) is 0 Å². The number of aryl methyl sites for hydroxylation is 1. The highest BCUT2D eigenvalue weighted by molar-refractivity contribution is 9.10. The van der Waals surface area contributed by atoms with E-state index in [1.165, 1.54) is 0 Å². The quantitative estimate of drug-likeness (QED) is 0.257. The van der Waals surface area contributed by atoms with Gasteiger partial charge >= 0.3 is 5.97 Å². The number of halogens is 2. The predicted molar refractivity (Wildman–Crippen MR) is 140 cm³/mol. The number of aromatic nitrogens is 1. The molecule has 8 heteroatoms. The van der Waals surface area contributed by atoms with Crippen LogP contribution in [0.5, 0.6) is 5.75 Å². The Kier molecular flexibility index (Phi) is 7.63. The average Bonchev–Trinajstić information content (AvgIpc) is 3.42. The summed E-state index contributed by atoms with van der Waals surface area (Å²) in [5.74, 6) is -0.242. The van der Waals surface area contributed by atoms with Gasteiger partial charge in [-0.15, -0.1) is 0 Å². The molecule has 1 aliphatic heterocycles. The Balaban J connectivity index is 2.03. The third-order valence-electron chi connectivity index (χ3n) is 6.22. The second kappa shape index (κ2) is 10.3. The number of hydrogen-bond donors (Lipinski definition) is 2. The van der Waals surface area contributed by atoms with Gasteiger partial charge in [-0.1, -0.05) is 23.7 Å². The fourth-order valence-electron chi connectivity index (χ4n) is 4.75. The molecule has 0 saturated carbocycles. The van der Waals surface area contributed by atoms with Crippen molar-refractivity contribution in [2.75, 3.05) is 19.7 Å². The SMILES string of the molecule is CCOC(=O)c1c(C(S)c2cccc(Cl)c2)n(CC)c2cc(Br)c(O)c(CN3CCCC3)c12. The molecule has 2 heterocycles. The molecule has 1 N–H and O–H groups in total. The number of hydrogen-bond acceptors (Lipinski definition) is 5. The van der Waals surface area contributed by atoms with Crippen LogP contribution in [0.2, 0.25) is 5.02 Å². The van der Waals surface area contributed by atoms with Gasteiger partial charge in [0.1, 0.15) is 5.75 Å². The van der Waals surface area contributed by atoms with Gasteiger partial charge in [0.05, 0.1) is 33.1 Å². The first-order valence-electron chi connectivity index (χ1n) is 11.3. The first-order chi connectivity index (χ1) is 15.9. The monoisotopic (exact) mass is 550 g/mol. The maximum atomic E-state index is 13.4. The van der Waals surface area contributed by atoms with Crippen molar-refractivity contribution < 1.29 is 14.6 Å². The maximum Gasteiger partial charge on any atom is 0.340 e. The average molecular weight is 552 g/mol. The molecule has 4 rings (SSSR count). The lowest BCUT2D eigenvalue weighted by atomic mass is 10.00. The minimum Gasteiger partial charge on any atom is -0.506 e. The topological polar surface area (TPSA) is 54.7 Å². The minimum atomic E-state index is -0.407. The highest BCUT2D eigenvalue weighted by Gasteiger charge is 2.32. The summed E-state index contributed by atoms with van der Waals surface area (Å²) in [6, 6.07) is 9.40. The first-order valence-corrected chi connectivity index (χ1v) is 13.0. The van der Waals surface area contributed by atoms with Crippen LogP contribution in [-0.2, 0) is 17.8 Å². The fraction of sp³-hybridized carbons (Fsp3) is 0.400. The summed E-state index contributed by atoms with van der Waals surface area (Å²) >= 11 is 14.8. The number of rotatable bonds is 7. The van der Waals surface area contributed by atoms with Crippen LogP contribution < -0.4 is 0 Å². The number of benzene rings is 2. The van der Waals surface area contributed by atoms with E-state index >= 15 is 0 Å². The molecule has 176 valence electrons. The molecule has 0 aliphatic carbocycles. The Hall–Kier alpha value is -1.67. The minimum absolute atomic E-state index is 0.165. The van der Waals surface area contributed by atoms with Crippen LogP contribution in [0, 0.1) is 0 Å². The van der Waals surface area contributed by atoms with E-state index in [-0.39, 0.29) is 12.4 Å². The van der Waals surface area contributed by atoms with E-state index in [1.807, 2.05) is 37.3 Å². The van der Waals surface area contributed by atoms with Gasteiger partial charge in [0.2, 0.25) is 0 Å². The Labute approximate surface area is 213 Å². The highest BCUT2D eigenvalue weighted by atomic mass is 79.9. The zero-order valence-electron chi connectivity index (χ0n) is 18.8. The van der Waals surface area contributed by atoms with Gasteiger partial charge in [0, 0.05) is 29.1 Å². The molecule has 0 radical (unpaired) electrons. The van der Waals surface area contributed by atoms with Crippen molar-refractivity contribution in [2.45, 2.75) is 45.0 Å². The van der Waals surface area contributed by atoms with Crippen LogP contribution in [0.3, 0.4) is 0 Å². The van der Waals surface area contributed by atoms with Crippen LogP contribution in [0.15, 0.2) is 34.8 Å². The number of fused-ring (bicyclic) bond motifs is 1. The molecule has 3 aromatic rings. The normalized spacial score (nSPS) is 15.3. The third kappa shape index (κ3) is 4.65. The Morgan fingerprint density at radius 1 is 1.27 bits per heavy atom. The van der Waals surface area contributed by atoms with Gasteiger partial charge in [-0.3, -0.25) is 4.90 Å². The third-order valence-corrected chi connectivity index (χ3v) is 7.60. The first kappa shape index (κ1) is 24.5. The number of thiol groups is 1. The van der Waals surface area contributed by atoms with Gasteiger partial charge in [0.25, 0.3) is 0 Å². The zero-order chi connectivity index (χ0) is 23.7. The van der Waals surface area contributed by atoms with Crippen molar-refractivity contribution in [1.29, 1.82) is 0 Å². The van der Waals surface area contributed by atoms with Crippen molar-refractivity contribution in [3.63, 3.8) is 0 Å². The molecule has 0 bridgehead atoms. The number of carbonyl (C=O) groups is 1. The lowest BCUT2D eigenvalue weighted by molar-refractivity contribution is 0.0527. The lowest BCUT2D eigenvalue weighted by Crippen LogP contribution is -2.19. The van der Waals surface area contributed by atoms with Crippen LogP contribution in [0.4, 0.5) is 0 Å². The zero-order valence-corrected chi connectivity index (χ0v) is 22.0. The molecule has 2 aromatic carbocycles. The number of aromatic hydroxyl groups is 1. The van der Waals surface area contributed by atoms with Gasteiger partial charge in [-0.05, 0) is 79.5 Å². The number of phenols is 1. The second-order valence-corrected chi connectivity index (χ2v) is 10.1. The standard InChI is InChI=1S/C25H28BrClN2O3S/c1-3-29-19-13-18(26)23(30)17(14-28-10-5-6-11-28)20(19)21(25(31)32-4-2)22(29)24(33)15-8-7-9-16(27)12-15/h7-9,12-13,24,30,33H,3-6,10-11,14H2,1-2H3. The summed E-state index contributed by atoms with van der Waals surface area (Å²) in [4.78, 5) is 15.7. The summed E-state index contributed by atoms with van der Waals surface area (Å²) < 4.78 is 8.22. The fourth-order valence-corrected chi connectivity index (χ4v) is 5.83. The second-order valence-electron chi connectivity index (χ2n) is 8.25. The van der Waals surface area contributed by atoms with Crippen molar-refractivity contribution in [3.8, 4) is 5.75 Å². The van der Waals surface area contributed by atoms with E-state index in [0.29, 0.717) is 28.1 Å². The smallest absolute Gasteiger partial charge is 0.340 e. The molecule has 0 spiro atoms. The maximum absolute atomic E-state index is 13.4. The molecule has 0 amide bonds. The Bertz CT molecular complexity index is 1190. The molecule has 5 nitrogen and oxygen atoms in total. The molecule has 1 fully saturated rings. The van der Waals surface area contributed by atoms with Gasteiger partial charge < -0.3 is 14.4 Å². The molecule has 1 atom stereocenters. The Morgan fingerprint density at radius 2 is 2.00 bits per heavy atom. The Morgan fingerprint density at radius 3 is 2.64 bits per heavy atom. The van der Waals surface area contributed by atoms with E-state index < -0.39 is 11.2 Å². The van der Waals surface area contributed by atoms with E-state index in [1.54, 1.807) is 6.92 Å². The number of likely N-dealkylation sites (tertiary alicyclic amines) is 1. The molecule has 1 unspecified atom stereocenters. The summed E-state index contributed by atoms with van der Waals surface area (Å²) in [7, 11) is 0. The van der Waals surface area contributed by atoms with Gasteiger partial charge in [-0.2, -0.15) is 12.6 Å². The molecule has 1 aliphatic rings. The predicted octanol–water partition coefficient (Wildman–Crippen LogP) is 6.57. The molecule has 1 aromatic heterocycles. The number of nitrogens with zero attached hydrogens (tertiary/aromatic N) is 2. The van der Waals surface area contributed by atoms with Crippen LogP contribution >= 0.6 is 40.2 Å². The molecule has 1 saturated heterocycles. The molecular weight excluding hydrogens is 524 g/mol. The summed E-state index contributed by atoms with van der Waals surface area (Å²) in [5.41, 5.74) is 3.71. The lowest BCUT2D eigenvalue weighted by Gasteiger charge is -2.18. The summed E-state index contributed by atoms with van der Waals surface area (Å²) in [6.45, 7) is 7.24. The number of esters is 1. The van der Waals surface area contributed by atoms with Crippen molar-refractivity contribution in [1.82, 2.24) is 9.47 Å². The van der Waals surface area contributed by atoms with Crippen LogP contribution in [-0.4, -0.2) is 40.2 Å². The van der Waals surface area contributed by atoms with Crippen molar-refractivity contribution >= 4 is 57.0 Å². The van der Waals surface area contributed by atoms with Crippen LogP contribution in [0.1, 0.15) is 59.1 Å². The molecular formula is C25H28BrClN2O3S. The van der Waals surface area contributed by atoms with E-state index in [0.717, 1.165) is 53.7 Å². The number of ether oxygens (including phenoxy) is 1. The van der Waals surface area contributed by atoms with E-state index in [4.69, 9.17) is 29.0 Å². The summed E-state index contributed by atoms with van der Waals surface area (Å²) in [5, 5.41) is 12.0. The number of phenolic OH excluding ortho intramolecular Hbond substituents is 1. The number of carbonyl (C=O) groups excluding carboxylic acids is 1. The molecule has 33 heavy (non-hydrogen) atoms. The van der Waals surface area contributed by atoms with Crippen molar-refractivity contribution in [3.05, 3.63) is 62.2 Å². The highest BCUT2D eigenvalue weighted by Crippen LogP contribution is 2.44. The van der Waals surface area contributed by atoms with E-state index in [2.05, 4.69) is 25.4 Å². The van der Waals surface area contributed by atoms with Crippen LogP contribution in [0.25, 0.3) is 10.9 Å². The van der Waals surface area contributed by atoms with Gasteiger partial charge in [0.15, 0.2) is 0 Å². The summed E-state index contributed by atoms with van der Waals surface area (Å²) in [6.07, 6.45) is 2.27. The van der Waals surface area contributed by atoms with Gasteiger partial charge in [-0.25, -0.2) is 4.79 Å². The van der Waals surface area contributed by atoms with E-state index in [9.17, 15) is 9.90 Å².